The van der Waals surface area contributed by atoms with Crippen molar-refractivity contribution in [3.05, 3.63) is 42.9 Å². The van der Waals surface area contributed by atoms with E-state index >= 15 is 0 Å². The highest BCUT2D eigenvalue weighted by Gasteiger charge is 2.26. The van der Waals surface area contributed by atoms with E-state index in [1.807, 2.05) is 24.5 Å². The first-order valence-electron chi connectivity index (χ1n) is 9.27. The van der Waals surface area contributed by atoms with E-state index < -0.39 is 0 Å². The van der Waals surface area contributed by atoms with Gasteiger partial charge < -0.3 is 20.5 Å². The molecule has 0 bridgehead atoms. The summed E-state index contributed by atoms with van der Waals surface area (Å²) in [6.45, 7) is 4.19. The molecule has 142 valence electrons. The summed E-state index contributed by atoms with van der Waals surface area (Å²) >= 11 is 0. The molecule has 0 atom stereocenters. The normalized spacial score (nSPS) is 16.6. The minimum atomic E-state index is -0.0704. The molecule has 1 aliphatic rings. The summed E-state index contributed by atoms with van der Waals surface area (Å²) in [5.74, 6) is 1.64. The number of piperidine rings is 1. The number of aliphatic hydroxyl groups is 1. The Hall–Kier alpha value is -2.64. The summed E-state index contributed by atoms with van der Waals surface area (Å²) in [5, 5.41) is 13.3. The second-order valence-electron chi connectivity index (χ2n) is 7.37. The molecule has 0 aliphatic carbocycles. The lowest BCUT2D eigenvalue weighted by atomic mass is 9.91. The monoisotopic (exact) mass is 367 g/mol. The fourth-order valence-electron chi connectivity index (χ4n) is 3.46. The Morgan fingerprint density at radius 2 is 2.07 bits per heavy atom. The highest BCUT2D eigenvalue weighted by Crippen LogP contribution is 2.30. The zero-order chi connectivity index (χ0) is 18.9. The van der Waals surface area contributed by atoms with E-state index in [1.165, 1.54) is 0 Å². The minimum Gasteiger partial charge on any atom is -0.490 e. The number of pyridine rings is 2. The van der Waals surface area contributed by atoms with Crippen molar-refractivity contribution in [1.82, 2.24) is 14.6 Å². The quantitative estimate of drug-likeness (QED) is 0.718. The van der Waals surface area contributed by atoms with E-state index in [-0.39, 0.29) is 18.8 Å². The molecule has 3 N–H and O–H groups in total. The molecule has 27 heavy (non-hydrogen) atoms. The van der Waals surface area contributed by atoms with E-state index in [0.717, 1.165) is 48.4 Å². The van der Waals surface area contributed by atoms with Crippen molar-refractivity contribution < 1.29 is 9.84 Å². The van der Waals surface area contributed by atoms with Gasteiger partial charge in [-0.05, 0) is 44.0 Å². The predicted octanol–water partition coefficient (Wildman–Crippen LogP) is 2.08. The third-order valence-electron chi connectivity index (χ3n) is 5.13. The van der Waals surface area contributed by atoms with Gasteiger partial charge in [-0.2, -0.15) is 5.10 Å². The molecule has 7 nitrogen and oxygen atoms in total. The van der Waals surface area contributed by atoms with Crippen molar-refractivity contribution in [3.63, 3.8) is 0 Å². The van der Waals surface area contributed by atoms with E-state index in [0.29, 0.717) is 5.75 Å². The Balaban J connectivity index is 1.61. The van der Waals surface area contributed by atoms with Crippen LogP contribution in [0.1, 0.15) is 19.8 Å². The van der Waals surface area contributed by atoms with Crippen LogP contribution in [0.5, 0.6) is 5.75 Å². The number of ether oxygens (including phenoxy) is 1. The molecule has 1 fully saturated rings. The predicted molar refractivity (Wildman–Crippen MR) is 105 cm³/mol. The number of anilines is 1. The van der Waals surface area contributed by atoms with Crippen molar-refractivity contribution in [2.75, 3.05) is 31.2 Å². The van der Waals surface area contributed by atoms with Crippen LogP contribution in [-0.2, 0) is 0 Å². The van der Waals surface area contributed by atoms with Crippen LogP contribution in [-0.4, -0.2) is 51.5 Å². The number of rotatable bonds is 5. The topological polar surface area (TPSA) is 88.9 Å². The van der Waals surface area contributed by atoms with Gasteiger partial charge in [-0.15, -0.1) is 0 Å². The Labute approximate surface area is 158 Å². The van der Waals surface area contributed by atoms with Crippen molar-refractivity contribution >= 4 is 11.3 Å². The fraction of sp³-hybridized carbons (Fsp3) is 0.400. The zero-order valence-corrected chi connectivity index (χ0v) is 15.5. The SMILES string of the molecule is CC1(N)CCN(c2ccc(-c3cc(OCCO)cn4nccc34)cn2)CC1. The maximum absolute atomic E-state index is 9.00. The number of fused-ring (bicyclic) bond motifs is 1. The van der Waals surface area contributed by atoms with Crippen molar-refractivity contribution in [3.8, 4) is 16.9 Å². The van der Waals surface area contributed by atoms with Crippen LogP contribution in [0.25, 0.3) is 16.6 Å². The highest BCUT2D eigenvalue weighted by molar-refractivity contribution is 5.81. The smallest absolute Gasteiger partial charge is 0.138 e. The summed E-state index contributed by atoms with van der Waals surface area (Å²) in [7, 11) is 0. The number of hydrogen-bond donors (Lipinski definition) is 2. The molecule has 3 aromatic heterocycles. The second-order valence-corrected chi connectivity index (χ2v) is 7.37. The van der Waals surface area contributed by atoms with Gasteiger partial charge in [0.05, 0.1) is 24.5 Å². The van der Waals surface area contributed by atoms with Gasteiger partial charge in [0.15, 0.2) is 0 Å². The number of aliphatic hydroxyl groups excluding tert-OH is 1. The Morgan fingerprint density at radius 3 is 2.78 bits per heavy atom. The van der Waals surface area contributed by atoms with Crippen molar-refractivity contribution in [1.29, 1.82) is 0 Å². The highest BCUT2D eigenvalue weighted by atomic mass is 16.5. The molecule has 4 heterocycles. The number of nitrogens with zero attached hydrogens (tertiary/aromatic N) is 4. The van der Waals surface area contributed by atoms with Gasteiger partial charge in [-0.3, -0.25) is 0 Å². The summed E-state index contributed by atoms with van der Waals surface area (Å²) in [6.07, 6.45) is 7.40. The number of hydrogen-bond acceptors (Lipinski definition) is 6. The molecule has 0 unspecified atom stereocenters. The Bertz CT molecular complexity index is 910. The van der Waals surface area contributed by atoms with Gasteiger partial charge in [0.2, 0.25) is 0 Å². The number of aromatic nitrogens is 3. The maximum Gasteiger partial charge on any atom is 0.138 e. The van der Waals surface area contributed by atoms with Crippen LogP contribution in [0.15, 0.2) is 42.9 Å². The molecular weight excluding hydrogens is 342 g/mol. The van der Waals surface area contributed by atoms with Crippen LogP contribution >= 0.6 is 0 Å². The van der Waals surface area contributed by atoms with E-state index in [2.05, 4.69) is 34.0 Å². The van der Waals surface area contributed by atoms with Crippen LogP contribution in [0.3, 0.4) is 0 Å². The summed E-state index contributed by atoms with van der Waals surface area (Å²) < 4.78 is 7.36. The summed E-state index contributed by atoms with van der Waals surface area (Å²) in [6, 6.07) is 8.06. The maximum atomic E-state index is 9.00. The number of nitrogens with two attached hydrogens (primary N) is 1. The van der Waals surface area contributed by atoms with Crippen LogP contribution in [0.2, 0.25) is 0 Å². The first kappa shape index (κ1) is 17.8. The van der Waals surface area contributed by atoms with Crippen molar-refractivity contribution in [2.24, 2.45) is 5.73 Å². The van der Waals surface area contributed by atoms with Gasteiger partial charge in [-0.1, -0.05) is 0 Å². The lowest BCUT2D eigenvalue weighted by molar-refractivity contribution is 0.201. The molecular formula is C20H25N5O2. The van der Waals surface area contributed by atoms with Crippen LogP contribution < -0.4 is 15.4 Å². The van der Waals surface area contributed by atoms with E-state index in [9.17, 15) is 0 Å². The van der Waals surface area contributed by atoms with E-state index in [1.54, 1.807) is 10.7 Å². The van der Waals surface area contributed by atoms with Crippen LogP contribution in [0.4, 0.5) is 5.82 Å². The first-order valence-corrected chi connectivity index (χ1v) is 9.27. The minimum absolute atomic E-state index is 0.0274. The van der Waals surface area contributed by atoms with Gasteiger partial charge in [0.25, 0.3) is 0 Å². The zero-order valence-electron chi connectivity index (χ0n) is 15.5. The van der Waals surface area contributed by atoms with Gasteiger partial charge in [-0.25, -0.2) is 9.50 Å². The summed E-state index contributed by atoms with van der Waals surface area (Å²) in [4.78, 5) is 6.97. The molecule has 0 amide bonds. The Morgan fingerprint density at radius 1 is 1.26 bits per heavy atom. The standard InChI is InChI=1S/C20H25N5O2/c1-20(21)5-8-24(9-6-20)19-3-2-15(13-22-19)17-12-16(27-11-10-26)14-25-18(17)4-7-23-25/h2-4,7,12-14,26H,5-6,8-11,21H2,1H3. The molecule has 0 spiro atoms. The van der Waals surface area contributed by atoms with Crippen LogP contribution in [0, 0.1) is 0 Å². The second kappa shape index (κ2) is 7.17. The molecule has 3 aromatic rings. The third kappa shape index (κ3) is 3.74. The average Bonchev–Trinajstić information content (AvgIpc) is 3.14. The molecule has 0 saturated carbocycles. The van der Waals surface area contributed by atoms with Gasteiger partial charge in [0, 0.05) is 36.0 Å². The third-order valence-corrected chi connectivity index (χ3v) is 5.13. The fourth-order valence-corrected chi connectivity index (χ4v) is 3.46. The van der Waals surface area contributed by atoms with Gasteiger partial charge >= 0.3 is 0 Å². The first-order chi connectivity index (χ1) is 13.1. The van der Waals surface area contributed by atoms with E-state index in [4.69, 9.17) is 15.6 Å². The molecule has 1 saturated heterocycles. The van der Waals surface area contributed by atoms with Crippen molar-refractivity contribution in [2.45, 2.75) is 25.3 Å². The molecule has 1 aliphatic heterocycles. The largest absolute Gasteiger partial charge is 0.490 e. The Kier molecular flexibility index (Phi) is 4.72. The van der Waals surface area contributed by atoms with Gasteiger partial charge in [0.1, 0.15) is 18.2 Å². The molecule has 4 rings (SSSR count). The summed E-state index contributed by atoms with van der Waals surface area (Å²) in [5.41, 5.74) is 9.14. The molecule has 0 aromatic carbocycles. The lowest BCUT2D eigenvalue weighted by Gasteiger charge is -2.37. The molecule has 0 radical (unpaired) electrons. The average molecular weight is 367 g/mol. The molecule has 7 heteroatoms. The lowest BCUT2D eigenvalue weighted by Crippen LogP contribution is -2.48.